The van der Waals surface area contributed by atoms with Crippen LogP contribution in [0.15, 0.2) is 5.38 Å². The van der Waals surface area contributed by atoms with E-state index in [9.17, 15) is 0 Å². The average Bonchev–Trinajstić information content (AvgIpc) is 2.64. The molecule has 1 atom stereocenters. The van der Waals surface area contributed by atoms with Gasteiger partial charge in [0.25, 0.3) is 0 Å². The molecule has 3 nitrogen and oxygen atoms in total. The summed E-state index contributed by atoms with van der Waals surface area (Å²) >= 11 is 1.71. The second-order valence-corrected chi connectivity index (χ2v) is 5.35. The fourth-order valence-electron chi connectivity index (χ4n) is 2.15. The van der Waals surface area contributed by atoms with E-state index in [1.807, 2.05) is 6.92 Å². The Morgan fingerprint density at radius 2 is 2.53 bits per heavy atom. The van der Waals surface area contributed by atoms with Gasteiger partial charge in [0.15, 0.2) is 0 Å². The molecule has 84 valence electrons. The van der Waals surface area contributed by atoms with Crippen LogP contribution in [0.25, 0.3) is 0 Å². The molecule has 1 aliphatic heterocycles. The van der Waals surface area contributed by atoms with Crippen molar-refractivity contribution in [1.82, 2.24) is 9.88 Å². The normalized spacial score (nSPS) is 23.2. The van der Waals surface area contributed by atoms with Crippen LogP contribution in [0.3, 0.4) is 0 Å². The molecule has 0 radical (unpaired) electrons. The van der Waals surface area contributed by atoms with Crippen LogP contribution >= 0.6 is 11.3 Å². The summed E-state index contributed by atoms with van der Waals surface area (Å²) in [5, 5.41) is 12.4. The van der Waals surface area contributed by atoms with Crippen molar-refractivity contribution in [2.45, 2.75) is 26.3 Å². The number of likely N-dealkylation sites (tertiary alicyclic amines) is 1. The Labute approximate surface area is 94.8 Å². The quantitative estimate of drug-likeness (QED) is 0.851. The topological polar surface area (TPSA) is 36.4 Å². The van der Waals surface area contributed by atoms with Crippen molar-refractivity contribution in [2.24, 2.45) is 5.92 Å². The van der Waals surface area contributed by atoms with Gasteiger partial charge in [-0.1, -0.05) is 0 Å². The van der Waals surface area contributed by atoms with E-state index in [2.05, 4.69) is 15.3 Å². The summed E-state index contributed by atoms with van der Waals surface area (Å²) in [5.74, 6) is 0.471. The van der Waals surface area contributed by atoms with Gasteiger partial charge in [0, 0.05) is 25.1 Å². The summed E-state index contributed by atoms with van der Waals surface area (Å²) in [6, 6.07) is 0. The van der Waals surface area contributed by atoms with Crippen LogP contribution in [-0.2, 0) is 6.54 Å². The lowest BCUT2D eigenvalue weighted by atomic mass is 9.99. The lowest BCUT2D eigenvalue weighted by molar-refractivity contribution is 0.115. The van der Waals surface area contributed by atoms with Crippen molar-refractivity contribution >= 4 is 11.3 Å². The van der Waals surface area contributed by atoms with Gasteiger partial charge in [-0.05, 0) is 32.2 Å². The molecule has 0 aromatic carbocycles. The van der Waals surface area contributed by atoms with E-state index >= 15 is 0 Å². The molecule has 1 aliphatic rings. The molecule has 1 aromatic heterocycles. The van der Waals surface area contributed by atoms with Gasteiger partial charge in [-0.25, -0.2) is 4.98 Å². The molecule has 1 aromatic rings. The highest BCUT2D eigenvalue weighted by Crippen LogP contribution is 2.18. The third-order valence-electron chi connectivity index (χ3n) is 2.91. The van der Waals surface area contributed by atoms with Crippen LogP contribution in [0.1, 0.15) is 23.5 Å². The molecule has 0 amide bonds. The van der Waals surface area contributed by atoms with Crippen molar-refractivity contribution in [3.8, 4) is 0 Å². The zero-order valence-electron chi connectivity index (χ0n) is 9.15. The van der Waals surface area contributed by atoms with Crippen molar-refractivity contribution in [2.75, 3.05) is 19.7 Å². The second-order valence-electron chi connectivity index (χ2n) is 4.28. The Balaban J connectivity index is 1.88. The standard InChI is InChI=1S/C11H18N2OS/c1-9-12-11(8-15-9)6-13-4-2-3-10(5-13)7-14/h8,10,14H,2-7H2,1H3/t10-/m1/s1. The van der Waals surface area contributed by atoms with E-state index in [1.54, 1.807) is 11.3 Å². The predicted molar refractivity (Wildman–Crippen MR) is 61.9 cm³/mol. The van der Waals surface area contributed by atoms with Crippen molar-refractivity contribution in [1.29, 1.82) is 0 Å². The first kappa shape index (κ1) is 11.0. The van der Waals surface area contributed by atoms with Crippen LogP contribution in [0.4, 0.5) is 0 Å². The maximum Gasteiger partial charge on any atom is 0.0897 e. The molecule has 2 heterocycles. The summed E-state index contributed by atoms with van der Waals surface area (Å²) in [6.07, 6.45) is 2.37. The lowest BCUT2D eigenvalue weighted by Crippen LogP contribution is -2.36. The van der Waals surface area contributed by atoms with Gasteiger partial charge in [-0.2, -0.15) is 0 Å². The first-order valence-corrected chi connectivity index (χ1v) is 6.40. The van der Waals surface area contributed by atoms with Crippen LogP contribution in [0.2, 0.25) is 0 Å². The number of rotatable bonds is 3. The molecule has 1 N–H and O–H groups in total. The Hall–Kier alpha value is -0.450. The molecule has 1 fully saturated rings. The highest BCUT2D eigenvalue weighted by Gasteiger charge is 2.19. The molecule has 0 spiro atoms. The number of hydrogen-bond donors (Lipinski definition) is 1. The third-order valence-corrected chi connectivity index (χ3v) is 3.74. The molecule has 1 saturated heterocycles. The summed E-state index contributed by atoms with van der Waals surface area (Å²) in [5.41, 5.74) is 1.18. The summed E-state index contributed by atoms with van der Waals surface area (Å²) < 4.78 is 0. The number of piperidine rings is 1. The summed E-state index contributed by atoms with van der Waals surface area (Å²) in [4.78, 5) is 6.87. The number of nitrogens with zero attached hydrogens (tertiary/aromatic N) is 2. The fraction of sp³-hybridized carbons (Fsp3) is 0.727. The van der Waals surface area contributed by atoms with E-state index in [0.717, 1.165) is 24.6 Å². The lowest BCUT2D eigenvalue weighted by Gasteiger charge is -2.31. The second kappa shape index (κ2) is 5.05. The average molecular weight is 226 g/mol. The highest BCUT2D eigenvalue weighted by atomic mass is 32.1. The largest absolute Gasteiger partial charge is 0.396 e. The van der Waals surface area contributed by atoms with E-state index in [0.29, 0.717) is 12.5 Å². The maximum atomic E-state index is 9.14. The maximum absolute atomic E-state index is 9.14. The Morgan fingerprint density at radius 3 is 3.20 bits per heavy atom. The van der Waals surface area contributed by atoms with E-state index in [1.165, 1.54) is 18.5 Å². The molecular weight excluding hydrogens is 208 g/mol. The summed E-state index contributed by atoms with van der Waals surface area (Å²) in [6.45, 7) is 5.48. The number of aryl methyl sites for hydroxylation is 1. The van der Waals surface area contributed by atoms with Crippen molar-refractivity contribution in [3.05, 3.63) is 16.1 Å². The van der Waals surface area contributed by atoms with Gasteiger partial charge in [-0.15, -0.1) is 11.3 Å². The van der Waals surface area contributed by atoms with Crippen LogP contribution in [0.5, 0.6) is 0 Å². The van der Waals surface area contributed by atoms with Crippen LogP contribution in [0, 0.1) is 12.8 Å². The molecule has 0 bridgehead atoms. The Morgan fingerprint density at radius 1 is 1.67 bits per heavy atom. The first-order valence-electron chi connectivity index (χ1n) is 5.52. The third kappa shape index (κ3) is 3.00. The van der Waals surface area contributed by atoms with Gasteiger partial charge in [0.1, 0.15) is 0 Å². The molecule has 15 heavy (non-hydrogen) atoms. The first-order chi connectivity index (χ1) is 7.28. The van der Waals surface area contributed by atoms with Crippen molar-refractivity contribution in [3.63, 3.8) is 0 Å². The Bertz CT molecular complexity index is 313. The van der Waals surface area contributed by atoms with Gasteiger partial charge < -0.3 is 5.11 Å². The smallest absolute Gasteiger partial charge is 0.0897 e. The number of aliphatic hydroxyl groups is 1. The monoisotopic (exact) mass is 226 g/mol. The van der Waals surface area contributed by atoms with E-state index < -0.39 is 0 Å². The minimum absolute atomic E-state index is 0.326. The van der Waals surface area contributed by atoms with E-state index in [4.69, 9.17) is 5.11 Å². The molecule has 4 heteroatoms. The molecule has 0 saturated carbocycles. The zero-order valence-corrected chi connectivity index (χ0v) is 9.96. The minimum atomic E-state index is 0.326. The van der Waals surface area contributed by atoms with Gasteiger partial charge in [-0.3, -0.25) is 4.90 Å². The van der Waals surface area contributed by atoms with Crippen molar-refractivity contribution < 1.29 is 5.11 Å². The number of hydrogen-bond acceptors (Lipinski definition) is 4. The number of aromatic nitrogens is 1. The van der Waals surface area contributed by atoms with Gasteiger partial charge >= 0.3 is 0 Å². The number of thiazole rings is 1. The summed E-state index contributed by atoms with van der Waals surface area (Å²) in [7, 11) is 0. The predicted octanol–water partition coefficient (Wildman–Crippen LogP) is 1.66. The Kier molecular flexibility index (Phi) is 3.72. The van der Waals surface area contributed by atoms with Crippen LogP contribution in [-0.4, -0.2) is 34.7 Å². The highest BCUT2D eigenvalue weighted by molar-refractivity contribution is 7.09. The molecule has 0 unspecified atom stereocenters. The minimum Gasteiger partial charge on any atom is -0.396 e. The zero-order chi connectivity index (χ0) is 10.7. The SMILES string of the molecule is Cc1nc(CN2CCC[C@@H](CO)C2)cs1. The molecular formula is C11H18N2OS. The fourth-order valence-corrected chi connectivity index (χ4v) is 2.76. The van der Waals surface area contributed by atoms with Crippen LogP contribution < -0.4 is 0 Å². The van der Waals surface area contributed by atoms with E-state index in [-0.39, 0.29) is 0 Å². The van der Waals surface area contributed by atoms with Gasteiger partial charge in [0.05, 0.1) is 10.7 Å². The molecule has 0 aliphatic carbocycles. The number of aliphatic hydroxyl groups excluding tert-OH is 1. The van der Waals surface area contributed by atoms with Gasteiger partial charge in [0.2, 0.25) is 0 Å². The molecule has 2 rings (SSSR count).